The zero-order valence-electron chi connectivity index (χ0n) is 4.97. The third-order valence-corrected chi connectivity index (χ3v) is 2.03. The Balaban J connectivity index is 3.17. The van der Waals surface area contributed by atoms with E-state index in [0.717, 1.165) is 4.43 Å². The molecule has 0 aromatic rings. The number of nitrogens with one attached hydrogen (secondary N) is 1. The zero-order chi connectivity index (χ0) is 7.11. The first-order valence-corrected chi connectivity index (χ1v) is 5.21. The average molecular weight is 240 g/mol. The molecule has 2 N–H and O–H groups in total. The van der Waals surface area contributed by atoms with Crippen molar-refractivity contribution < 1.29 is 5.11 Å². The van der Waals surface area contributed by atoms with E-state index in [0.29, 0.717) is 6.42 Å². The van der Waals surface area contributed by atoms with E-state index in [9.17, 15) is 0 Å². The van der Waals surface area contributed by atoms with Crippen LogP contribution in [-0.4, -0.2) is 15.6 Å². The Labute approximate surface area is 64.6 Å². The molecule has 0 spiro atoms. The molecular formula is C5H9IN2O. The molecule has 0 bridgehead atoms. The molecule has 9 heavy (non-hydrogen) atoms. The maximum atomic E-state index is 8.89. The number of rotatable bonds is 4. The quantitative estimate of drug-likeness (QED) is 0.575. The fourth-order valence-electron chi connectivity index (χ4n) is 0.388. The minimum Gasteiger partial charge on any atom is -0.392 e. The van der Waals surface area contributed by atoms with Gasteiger partial charge in [-0.25, -0.2) is 0 Å². The van der Waals surface area contributed by atoms with E-state index >= 15 is 0 Å². The Hall–Kier alpha value is -0.0200. The number of aliphatic hydroxyl groups is 1. The van der Waals surface area contributed by atoms with Gasteiger partial charge in [0.15, 0.2) is 0 Å². The second-order valence-corrected chi connectivity index (χ2v) is 3.47. The van der Waals surface area contributed by atoms with Crippen molar-refractivity contribution in [3.8, 4) is 6.07 Å². The molecule has 0 aromatic heterocycles. The number of halogens is 1. The summed E-state index contributed by atoms with van der Waals surface area (Å²) in [5.74, 6) is 0. The smallest absolute Gasteiger partial charge is 0.0677 e. The lowest BCUT2D eigenvalue weighted by Crippen LogP contribution is -2.04. The van der Waals surface area contributed by atoms with Crippen LogP contribution in [0.25, 0.3) is 0 Å². The largest absolute Gasteiger partial charge is 0.392 e. The van der Waals surface area contributed by atoms with Crippen molar-refractivity contribution in [2.75, 3.05) is 4.43 Å². The van der Waals surface area contributed by atoms with Gasteiger partial charge in [0, 0.05) is 4.43 Å². The molecule has 0 amide bonds. The van der Waals surface area contributed by atoms with Crippen LogP contribution in [0.5, 0.6) is 0 Å². The first-order chi connectivity index (χ1) is 4.31. The summed E-state index contributed by atoms with van der Waals surface area (Å²) >= 11 is -0.457. The standard InChI is InChI=1S/C5H9IN2O/c7-4-2-5(9)1-3-6-8/h5,8-9H,1-3H2/t5-/m0/s1. The first kappa shape index (κ1) is 8.98. The van der Waals surface area contributed by atoms with Crippen LogP contribution in [0.4, 0.5) is 0 Å². The number of hydrogen-bond acceptors (Lipinski definition) is 3. The second kappa shape index (κ2) is 6.11. The van der Waals surface area contributed by atoms with Crippen LogP contribution in [0, 0.1) is 14.9 Å². The lowest BCUT2D eigenvalue weighted by molar-refractivity contribution is 0.177. The molecule has 0 aliphatic rings. The van der Waals surface area contributed by atoms with Crippen molar-refractivity contribution >= 4 is 21.0 Å². The molecule has 0 saturated heterocycles. The van der Waals surface area contributed by atoms with Gasteiger partial charge in [0.05, 0.1) is 18.6 Å². The van der Waals surface area contributed by atoms with E-state index in [2.05, 4.69) is 0 Å². The van der Waals surface area contributed by atoms with Gasteiger partial charge >= 0.3 is 0 Å². The third-order valence-electron chi connectivity index (χ3n) is 0.864. The molecule has 0 heterocycles. The van der Waals surface area contributed by atoms with Crippen molar-refractivity contribution in [1.82, 2.24) is 0 Å². The molecular weight excluding hydrogens is 231 g/mol. The summed E-state index contributed by atoms with van der Waals surface area (Å²) in [6, 6.07) is 1.88. The van der Waals surface area contributed by atoms with E-state index in [1.165, 1.54) is 0 Å². The average Bonchev–Trinajstić information content (AvgIpc) is 1.85. The molecule has 0 saturated carbocycles. The molecule has 3 nitrogen and oxygen atoms in total. The lowest BCUT2D eigenvalue weighted by atomic mass is 10.2. The molecule has 0 aliphatic heterocycles. The molecule has 0 aliphatic carbocycles. The number of alkyl halides is 1. The highest BCUT2D eigenvalue weighted by molar-refractivity contribution is 14.1. The predicted molar refractivity (Wildman–Crippen MR) is 42.5 cm³/mol. The molecule has 1 atom stereocenters. The maximum Gasteiger partial charge on any atom is 0.0677 e. The molecule has 0 radical (unpaired) electrons. The second-order valence-electron chi connectivity index (χ2n) is 1.63. The van der Waals surface area contributed by atoms with Crippen LogP contribution in [0.15, 0.2) is 0 Å². The van der Waals surface area contributed by atoms with E-state index in [-0.39, 0.29) is 6.42 Å². The summed E-state index contributed by atoms with van der Waals surface area (Å²) in [5, 5.41) is 17.0. The molecule has 0 rings (SSSR count). The van der Waals surface area contributed by atoms with Crippen LogP contribution < -0.4 is 0 Å². The van der Waals surface area contributed by atoms with E-state index in [1.54, 1.807) is 0 Å². The van der Waals surface area contributed by atoms with E-state index < -0.39 is 27.1 Å². The lowest BCUT2D eigenvalue weighted by Gasteiger charge is -2.00. The highest BCUT2D eigenvalue weighted by Gasteiger charge is 1.99. The monoisotopic (exact) mass is 240 g/mol. The molecule has 0 fully saturated rings. The summed E-state index contributed by atoms with van der Waals surface area (Å²) < 4.78 is 7.64. The van der Waals surface area contributed by atoms with Crippen molar-refractivity contribution in [3.05, 3.63) is 0 Å². The fourth-order valence-corrected chi connectivity index (χ4v) is 1.42. The van der Waals surface area contributed by atoms with Crippen LogP contribution in [-0.2, 0) is 0 Å². The molecule has 52 valence electrons. The van der Waals surface area contributed by atoms with Gasteiger partial charge in [-0.15, -0.1) is 0 Å². The van der Waals surface area contributed by atoms with Crippen molar-refractivity contribution in [3.63, 3.8) is 0 Å². The van der Waals surface area contributed by atoms with Gasteiger partial charge in [0.2, 0.25) is 0 Å². The fraction of sp³-hybridized carbons (Fsp3) is 0.800. The normalized spacial score (nSPS) is 12.4. The zero-order valence-corrected chi connectivity index (χ0v) is 7.13. The highest BCUT2D eigenvalue weighted by Crippen LogP contribution is 2.03. The Morgan fingerprint density at radius 3 is 2.89 bits per heavy atom. The summed E-state index contributed by atoms with van der Waals surface area (Å²) in [6.07, 6.45) is 0.355. The molecule has 0 unspecified atom stereocenters. The summed E-state index contributed by atoms with van der Waals surface area (Å²) in [6.45, 7) is 0. The SMILES string of the molecule is N#CC[C@@H](O)CCI=N. The number of aliphatic hydroxyl groups excluding tert-OH is 1. The Morgan fingerprint density at radius 1 is 1.78 bits per heavy atom. The van der Waals surface area contributed by atoms with Crippen LogP contribution >= 0.6 is 21.0 Å². The minimum absolute atomic E-state index is 0.212. The van der Waals surface area contributed by atoms with Gasteiger partial charge in [-0.2, -0.15) is 5.26 Å². The minimum atomic E-state index is -0.486. The molecule has 4 heteroatoms. The van der Waals surface area contributed by atoms with Crippen LogP contribution in [0.3, 0.4) is 0 Å². The van der Waals surface area contributed by atoms with Crippen molar-refractivity contribution in [2.45, 2.75) is 18.9 Å². The summed E-state index contributed by atoms with van der Waals surface area (Å²) in [5.41, 5.74) is 0. The first-order valence-electron chi connectivity index (χ1n) is 2.61. The maximum absolute atomic E-state index is 8.89. The predicted octanol–water partition coefficient (Wildman–Crippen LogP) is 1.38. The summed E-state index contributed by atoms with van der Waals surface area (Å²) in [7, 11) is 0. The van der Waals surface area contributed by atoms with Crippen molar-refractivity contribution in [2.24, 2.45) is 0 Å². The molecule has 0 aromatic carbocycles. The number of nitrogens with zero attached hydrogens (tertiary/aromatic N) is 1. The Kier molecular flexibility index (Phi) is 6.09. The van der Waals surface area contributed by atoms with E-state index in [4.69, 9.17) is 13.9 Å². The van der Waals surface area contributed by atoms with Crippen molar-refractivity contribution in [1.29, 1.82) is 8.82 Å². The van der Waals surface area contributed by atoms with Crippen LogP contribution in [0.1, 0.15) is 12.8 Å². The van der Waals surface area contributed by atoms with Gasteiger partial charge in [0.25, 0.3) is 0 Å². The number of nitriles is 1. The Morgan fingerprint density at radius 2 is 2.44 bits per heavy atom. The van der Waals surface area contributed by atoms with Gasteiger partial charge in [-0.05, 0) is 27.5 Å². The van der Waals surface area contributed by atoms with E-state index in [1.807, 2.05) is 6.07 Å². The third kappa shape index (κ3) is 5.86. The number of hydrogen-bond donors (Lipinski definition) is 2. The van der Waals surface area contributed by atoms with Gasteiger partial charge in [0.1, 0.15) is 0 Å². The summed E-state index contributed by atoms with van der Waals surface area (Å²) in [4.78, 5) is 0. The van der Waals surface area contributed by atoms with Gasteiger partial charge in [-0.1, -0.05) is 0 Å². The highest BCUT2D eigenvalue weighted by atomic mass is 127. The van der Waals surface area contributed by atoms with Gasteiger partial charge in [-0.3, -0.25) is 3.56 Å². The topological polar surface area (TPSA) is 67.9 Å². The Bertz CT molecular complexity index is 121. The van der Waals surface area contributed by atoms with Gasteiger partial charge < -0.3 is 5.11 Å². The van der Waals surface area contributed by atoms with Crippen LogP contribution in [0.2, 0.25) is 0 Å².